The summed E-state index contributed by atoms with van der Waals surface area (Å²) in [6.45, 7) is 0.158. The van der Waals surface area contributed by atoms with E-state index in [1.54, 1.807) is 11.8 Å². The average molecular weight is 505 g/mol. The molecule has 1 unspecified atom stereocenters. The van der Waals surface area contributed by atoms with Crippen LogP contribution in [0.1, 0.15) is 61.3 Å². The number of likely N-dealkylation sites (tertiary alicyclic amines) is 1. The predicted molar refractivity (Wildman–Crippen MR) is 125 cm³/mol. The van der Waals surface area contributed by atoms with Crippen LogP contribution in [0.15, 0.2) is 22.6 Å². The second kappa shape index (κ2) is 10.0. The fourth-order valence-electron chi connectivity index (χ4n) is 4.29. The zero-order valence-electron chi connectivity index (χ0n) is 20.0. The molecule has 2 amide bonds. The highest BCUT2D eigenvalue weighted by molar-refractivity contribution is 5.94. The third kappa shape index (κ3) is 5.61. The molecule has 9 nitrogen and oxygen atoms in total. The van der Waals surface area contributed by atoms with E-state index < -0.39 is 18.6 Å². The predicted octanol–water partition coefficient (Wildman–Crippen LogP) is 3.49. The highest BCUT2D eigenvalue weighted by Crippen LogP contribution is 2.37. The molecule has 194 valence electrons. The number of hydrogen-bond acceptors (Lipinski definition) is 7. The van der Waals surface area contributed by atoms with Crippen LogP contribution in [-0.4, -0.2) is 54.0 Å². The van der Waals surface area contributed by atoms with E-state index in [1.807, 2.05) is 0 Å². The topological polar surface area (TPSA) is 120 Å². The van der Waals surface area contributed by atoms with E-state index >= 15 is 0 Å². The Bertz CT molecular complexity index is 1130. The first-order valence-corrected chi connectivity index (χ1v) is 12.4. The molecule has 5 rings (SSSR count). The van der Waals surface area contributed by atoms with Gasteiger partial charge in [-0.15, -0.1) is 0 Å². The molecule has 3 aliphatic rings. The first kappa shape index (κ1) is 24.5. The lowest BCUT2D eigenvalue weighted by Gasteiger charge is -2.16. The number of carbonyl (C=O) groups is 2. The highest BCUT2D eigenvalue weighted by Gasteiger charge is 2.37. The van der Waals surface area contributed by atoms with Gasteiger partial charge in [0.1, 0.15) is 0 Å². The van der Waals surface area contributed by atoms with Crippen molar-refractivity contribution in [3.63, 3.8) is 0 Å². The van der Waals surface area contributed by atoms with Crippen molar-refractivity contribution in [1.29, 1.82) is 0 Å². The van der Waals surface area contributed by atoms with E-state index in [9.17, 15) is 18.4 Å². The Morgan fingerprint density at radius 1 is 1.22 bits per heavy atom. The number of nitrogens with two attached hydrogens (primary N) is 1. The van der Waals surface area contributed by atoms with Gasteiger partial charge in [0, 0.05) is 30.6 Å². The van der Waals surface area contributed by atoms with Gasteiger partial charge in [0.2, 0.25) is 11.8 Å². The Kier molecular flexibility index (Phi) is 6.83. The number of ether oxygens (including phenoxy) is 2. The molecule has 3 fully saturated rings. The molecule has 36 heavy (non-hydrogen) atoms. The number of halogens is 2. The summed E-state index contributed by atoms with van der Waals surface area (Å²) in [4.78, 5) is 31.6. The molecule has 3 N–H and O–H groups in total. The molecule has 2 aliphatic carbocycles. The third-order valence-electron chi connectivity index (χ3n) is 6.62. The summed E-state index contributed by atoms with van der Waals surface area (Å²) in [5, 5.41) is 2.94. The molecule has 1 aromatic carbocycles. The number of oxazole rings is 1. The van der Waals surface area contributed by atoms with Crippen LogP contribution in [0.4, 0.5) is 8.78 Å². The lowest BCUT2D eigenvalue weighted by atomic mass is 10.2. The molecule has 2 aromatic rings. The van der Waals surface area contributed by atoms with Crippen molar-refractivity contribution >= 4 is 11.8 Å². The van der Waals surface area contributed by atoms with Gasteiger partial charge in [-0.2, -0.15) is 8.78 Å². The Morgan fingerprint density at radius 2 is 2.00 bits per heavy atom. The molecule has 0 radical (unpaired) electrons. The Balaban J connectivity index is 1.33. The van der Waals surface area contributed by atoms with E-state index in [-0.39, 0.29) is 46.7 Å². The second-order valence-corrected chi connectivity index (χ2v) is 9.83. The summed E-state index contributed by atoms with van der Waals surface area (Å²) in [6.07, 6.45) is 4.61. The summed E-state index contributed by atoms with van der Waals surface area (Å²) < 4.78 is 41.9. The number of nitrogens with zero attached hydrogens (tertiary/aromatic N) is 2. The summed E-state index contributed by atoms with van der Waals surface area (Å²) in [7, 11) is 0. The Hall–Kier alpha value is -3.21. The van der Waals surface area contributed by atoms with Crippen molar-refractivity contribution in [1.82, 2.24) is 15.2 Å². The maximum atomic E-state index is 13.1. The minimum atomic E-state index is -2.99. The lowest BCUT2D eigenvalue weighted by Crippen LogP contribution is -2.39. The third-order valence-corrected chi connectivity index (χ3v) is 6.62. The van der Waals surface area contributed by atoms with Crippen LogP contribution in [0.5, 0.6) is 11.5 Å². The van der Waals surface area contributed by atoms with E-state index in [4.69, 9.17) is 14.9 Å². The minimum Gasteiger partial charge on any atom is -0.489 e. The van der Waals surface area contributed by atoms with E-state index in [2.05, 4.69) is 15.0 Å². The van der Waals surface area contributed by atoms with Gasteiger partial charge in [-0.25, -0.2) is 4.98 Å². The van der Waals surface area contributed by atoms with Gasteiger partial charge in [-0.1, -0.05) is 0 Å². The zero-order valence-corrected chi connectivity index (χ0v) is 20.0. The van der Waals surface area contributed by atoms with Crippen molar-refractivity contribution < 1.29 is 32.3 Å². The smallest absolute Gasteiger partial charge is 0.387 e. The van der Waals surface area contributed by atoms with E-state index in [0.29, 0.717) is 37.6 Å². The number of benzene rings is 1. The summed E-state index contributed by atoms with van der Waals surface area (Å²) in [5.41, 5.74) is 6.55. The van der Waals surface area contributed by atoms with Gasteiger partial charge in [0.05, 0.1) is 12.6 Å². The van der Waals surface area contributed by atoms with Crippen LogP contribution >= 0.6 is 0 Å². The van der Waals surface area contributed by atoms with Crippen LogP contribution in [0.2, 0.25) is 0 Å². The van der Waals surface area contributed by atoms with Crippen LogP contribution in [-0.2, 0) is 4.79 Å². The number of amides is 2. The van der Waals surface area contributed by atoms with Crippen molar-refractivity contribution in [2.45, 2.75) is 57.7 Å². The van der Waals surface area contributed by atoms with E-state index in [0.717, 1.165) is 25.7 Å². The van der Waals surface area contributed by atoms with Gasteiger partial charge in [0.25, 0.3) is 5.91 Å². The number of carbonyl (C=O) groups excluding carboxylic acids is 2. The number of alkyl halides is 2. The number of hydrogen-bond donors (Lipinski definition) is 2. The Labute approximate surface area is 207 Å². The monoisotopic (exact) mass is 504 g/mol. The summed E-state index contributed by atoms with van der Waals surface area (Å²) in [5.74, 6) is 0.648. The quantitative estimate of drug-likeness (QED) is 0.508. The molecule has 0 spiro atoms. The van der Waals surface area contributed by atoms with Gasteiger partial charge < -0.3 is 29.8 Å². The lowest BCUT2D eigenvalue weighted by molar-refractivity contribution is -0.131. The van der Waals surface area contributed by atoms with Crippen molar-refractivity contribution in [3.8, 4) is 23.0 Å². The molecule has 2 saturated carbocycles. The minimum absolute atomic E-state index is 0.0559. The van der Waals surface area contributed by atoms with Gasteiger partial charge in [-0.3, -0.25) is 9.59 Å². The number of nitrogens with one attached hydrogen (secondary N) is 1. The molecule has 2 atom stereocenters. The molecule has 2 heterocycles. The average Bonchev–Trinajstić information content (AvgIpc) is 3.76. The van der Waals surface area contributed by atoms with Crippen molar-refractivity contribution in [3.05, 3.63) is 29.7 Å². The van der Waals surface area contributed by atoms with Gasteiger partial charge in [-0.05, 0) is 63.1 Å². The molecule has 0 bridgehead atoms. The highest BCUT2D eigenvalue weighted by atomic mass is 19.3. The van der Waals surface area contributed by atoms with Crippen LogP contribution in [0, 0.1) is 11.8 Å². The molecule has 1 aliphatic heterocycles. The fourth-order valence-corrected chi connectivity index (χ4v) is 4.29. The first-order chi connectivity index (χ1) is 17.3. The van der Waals surface area contributed by atoms with Gasteiger partial charge >= 0.3 is 6.61 Å². The standard InChI is InChI=1S/C25H30F2N4O5/c1-13(28)21-20(22(32)29-17-8-9-31(11-17)24(33)15-4-5-15)30-23(36-21)16-6-7-18(35-25(26)27)19(10-16)34-12-14-2-3-14/h6-7,10,13-15,17,25H,2-5,8-9,11-12,28H2,1H3,(H,29,32)/t13-,17?/m0/s1. The van der Waals surface area contributed by atoms with Crippen LogP contribution < -0.4 is 20.5 Å². The molecule has 1 saturated heterocycles. The van der Waals surface area contributed by atoms with Crippen LogP contribution in [0.3, 0.4) is 0 Å². The maximum absolute atomic E-state index is 13.1. The SMILES string of the molecule is C[C@H](N)c1oc(-c2ccc(OC(F)F)c(OCC3CC3)c2)nc1C(=O)NC1CCN(C(=O)C2CC2)C1. The fraction of sp³-hybridized carbons (Fsp3) is 0.560. The summed E-state index contributed by atoms with van der Waals surface area (Å²) in [6, 6.07) is 3.59. The first-order valence-electron chi connectivity index (χ1n) is 12.4. The molecule has 11 heteroatoms. The van der Waals surface area contributed by atoms with E-state index in [1.165, 1.54) is 18.2 Å². The number of aromatic nitrogens is 1. The maximum Gasteiger partial charge on any atom is 0.387 e. The summed E-state index contributed by atoms with van der Waals surface area (Å²) >= 11 is 0. The largest absolute Gasteiger partial charge is 0.489 e. The zero-order chi connectivity index (χ0) is 25.4. The second-order valence-electron chi connectivity index (χ2n) is 9.83. The van der Waals surface area contributed by atoms with Crippen LogP contribution in [0.25, 0.3) is 11.5 Å². The molecular weight excluding hydrogens is 474 g/mol. The number of rotatable bonds is 10. The molecular formula is C25H30F2N4O5. The van der Waals surface area contributed by atoms with Crippen molar-refractivity contribution in [2.24, 2.45) is 17.6 Å². The van der Waals surface area contributed by atoms with Crippen molar-refractivity contribution in [2.75, 3.05) is 19.7 Å². The Morgan fingerprint density at radius 3 is 2.67 bits per heavy atom. The van der Waals surface area contributed by atoms with Gasteiger partial charge in [0.15, 0.2) is 23.0 Å². The normalized spacial score (nSPS) is 20.5. The molecule has 1 aromatic heterocycles.